The van der Waals surface area contributed by atoms with E-state index in [1.165, 1.54) is 6.20 Å². The monoisotopic (exact) mass is 341 g/mol. The molecule has 3 heterocycles. The molecule has 0 radical (unpaired) electrons. The van der Waals surface area contributed by atoms with E-state index < -0.39 is 0 Å². The first kappa shape index (κ1) is 17.2. The number of likely N-dealkylation sites (N-methyl/N-ethyl adjacent to an activating group) is 1. The number of nitrogens with one attached hydrogen (secondary N) is 1. The molecule has 1 saturated heterocycles. The van der Waals surface area contributed by atoms with Gasteiger partial charge in [0.2, 0.25) is 5.88 Å². The molecule has 0 aromatic carbocycles. The van der Waals surface area contributed by atoms with Crippen molar-refractivity contribution in [3.8, 4) is 5.88 Å². The van der Waals surface area contributed by atoms with E-state index in [9.17, 15) is 4.79 Å². The van der Waals surface area contributed by atoms with Gasteiger partial charge in [-0.2, -0.15) is 0 Å². The van der Waals surface area contributed by atoms with Gasteiger partial charge in [-0.1, -0.05) is 0 Å². The molecule has 0 atom stereocenters. The number of amides is 1. The molecule has 3 rings (SSSR count). The molecule has 0 saturated carbocycles. The van der Waals surface area contributed by atoms with Gasteiger partial charge in [-0.15, -0.1) is 0 Å². The molecule has 7 heteroatoms. The summed E-state index contributed by atoms with van der Waals surface area (Å²) in [5.74, 6) is 0.792. The lowest BCUT2D eigenvalue weighted by Gasteiger charge is -2.33. The molecule has 2 aromatic rings. The van der Waals surface area contributed by atoms with E-state index in [-0.39, 0.29) is 5.91 Å². The van der Waals surface area contributed by atoms with Crippen molar-refractivity contribution in [2.75, 3.05) is 50.1 Å². The summed E-state index contributed by atoms with van der Waals surface area (Å²) in [5, 5.41) is 2.79. The second-order valence-corrected chi connectivity index (χ2v) is 5.96. The number of aromatic nitrogens is 2. The molecular weight excluding hydrogens is 318 g/mol. The number of hydrogen-bond acceptors (Lipinski definition) is 6. The fourth-order valence-corrected chi connectivity index (χ4v) is 2.65. The standard InChI is InChI=1S/C18H23N5O2/c1-3-25-17-7-4-14(12-20-17)18(24)21-16-6-5-15(13-19-16)23-10-8-22(2)9-11-23/h4-7,12-13H,3,8-11H2,1-2H3,(H,19,21,24). The Balaban J connectivity index is 1.60. The van der Waals surface area contributed by atoms with Gasteiger partial charge in [0, 0.05) is 38.4 Å². The molecule has 1 aliphatic heterocycles. The van der Waals surface area contributed by atoms with Gasteiger partial charge in [0.15, 0.2) is 0 Å². The van der Waals surface area contributed by atoms with Crippen LogP contribution in [0.25, 0.3) is 0 Å². The van der Waals surface area contributed by atoms with Crippen LogP contribution in [0.15, 0.2) is 36.7 Å². The van der Waals surface area contributed by atoms with Gasteiger partial charge in [-0.05, 0) is 32.2 Å². The average molecular weight is 341 g/mol. The number of anilines is 2. The van der Waals surface area contributed by atoms with Gasteiger partial charge in [-0.25, -0.2) is 9.97 Å². The van der Waals surface area contributed by atoms with Crippen LogP contribution in [-0.4, -0.2) is 60.6 Å². The molecule has 1 N–H and O–H groups in total. The quantitative estimate of drug-likeness (QED) is 0.895. The fraction of sp³-hybridized carbons (Fsp3) is 0.389. The highest BCUT2D eigenvalue weighted by atomic mass is 16.5. The summed E-state index contributed by atoms with van der Waals surface area (Å²) >= 11 is 0. The van der Waals surface area contributed by atoms with Crippen LogP contribution < -0.4 is 15.0 Å². The minimum atomic E-state index is -0.240. The predicted octanol–water partition coefficient (Wildman–Crippen LogP) is 1.88. The number of carbonyl (C=O) groups is 1. The maximum atomic E-state index is 12.3. The summed E-state index contributed by atoms with van der Waals surface area (Å²) < 4.78 is 5.27. The zero-order valence-corrected chi connectivity index (χ0v) is 14.6. The number of ether oxygens (including phenoxy) is 1. The normalized spacial score (nSPS) is 15.0. The number of pyridine rings is 2. The Labute approximate surface area is 147 Å². The first-order chi connectivity index (χ1) is 12.2. The Kier molecular flexibility index (Phi) is 5.45. The van der Waals surface area contributed by atoms with E-state index in [0.717, 1.165) is 31.9 Å². The Bertz CT molecular complexity index is 694. The molecule has 0 bridgehead atoms. The van der Waals surface area contributed by atoms with Crippen LogP contribution in [0.2, 0.25) is 0 Å². The summed E-state index contributed by atoms with van der Waals surface area (Å²) in [6.45, 7) is 6.50. The molecular formula is C18H23N5O2. The third kappa shape index (κ3) is 4.45. The molecule has 25 heavy (non-hydrogen) atoms. The number of hydrogen-bond donors (Lipinski definition) is 1. The summed E-state index contributed by atoms with van der Waals surface area (Å²) in [4.78, 5) is 25.3. The van der Waals surface area contributed by atoms with Crippen LogP contribution in [-0.2, 0) is 0 Å². The van der Waals surface area contributed by atoms with Gasteiger partial charge in [-0.3, -0.25) is 4.79 Å². The summed E-state index contributed by atoms with van der Waals surface area (Å²) in [6.07, 6.45) is 3.30. The number of piperazine rings is 1. The van der Waals surface area contributed by atoms with Crippen molar-refractivity contribution in [3.05, 3.63) is 42.2 Å². The Morgan fingerprint density at radius 1 is 1.12 bits per heavy atom. The highest BCUT2D eigenvalue weighted by Crippen LogP contribution is 2.17. The fourth-order valence-electron chi connectivity index (χ4n) is 2.65. The maximum absolute atomic E-state index is 12.3. The SMILES string of the molecule is CCOc1ccc(C(=O)Nc2ccc(N3CCN(C)CC3)cn2)cn1. The lowest BCUT2D eigenvalue weighted by Crippen LogP contribution is -2.44. The summed E-state index contributed by atoms with van der Waals surface area (Å²) in [5.41, 5.74) is 1.54. The van der Waals surface area contributed by atoms with E-state index in [1.54, 1.807) is 18.3 Å². The third-order valence-electron chi connectivity index (χ3n) is 4.15. The average Bonchev–Trinajstić information content (AvgIpc) is 2.64. The Hall–Kier alpha value is -2.67. The second kappa shape index (κ2) is 7.94. The van der Waals surface area contributed by atoms with Gasteiger partial charge in [0.05, 0.1) is 24.1 Å². The van der Waals surface area contributed by atoms with E-state index >= 15 is 0 Å². The minimum Gasteiger partial charge on any atom is -0.478 e. The van der Waals surface area contributed by atoms with Gasteiger partial charge in [0.1, 0.15) is 5.82 Å². The Morgan fingerprint density at radius 3 is 2.52 bits per heavy atom. The van der Waals surface area contributed by atoms with Gasteiger partial charge >= 0.3 is 0 Å². The van der Waals surface area contributed by atoms with Crippen molar-refractivity contribution in [1.29, 1.82) is 0 Å². The van der Waals surface area contributed by atoms with Crippen LogP contribution in [0.4, 0.5) is 11.5 Å². The number of carbonyl (C=O) groups excluding carboxylic acids is 1. The zero-order chi connectivity index (χ0) is 17.6. The van der Waals surface area contributed by atoms with Crippen molar-refractivity contribution in [2.45, 2.75) is 6.92 Å². The smallest absolute Gasteiger partial charge is 0.258 e. The van der Waals surface area contributed by atoms with Gasteiger partial charge < -0.3 is 19.9 Å². The molecule has 1 aliphatic rings. The highest BCUT2D eigenvalue weighted by molar-refractivity contribution is 6.03. The van der Waals surface area contributed by atoms with E-state index in [1.807, 2.05) is 19.1 Å². The molecule has 132 valence electrons. The van der Waals surface area contributed by atoms with E-state index in [0.29, 0.717) is 23.9 Å². The van der Waals surface area contributed by atoms with Crippen LogP contribution in [0.1, 0.15) is 17.3 Å². The third-order valence-corrected chi connectivity index (χ3v) is 4.15. The molecule has 2 aromatic heterocycles. The lowest BCUT2D eigenvalue weighted by molar-refractivity contribution is 0.102. The van der Waals surface area contributed by atoms with E-state index in [4.69, 9.17) is 4.74 Å². The van der Waals surface area contributed by atoms with E-state index in [2.05, 4.69) is 32.1 Å². The topological polar surface area (TPSA) is 70.6 Å². The minimum absolute atomic E-state index is 0.240. The Morgan fingerprint density at radius 2 is 1.92 bits per heavy atom. The number of nitrogens with zero attached hydrogens (tertiary/aromatic N) is 4. The van der Waals surface area contributed by atoms with Crippen LogP contribution in [0.3, 0.4) is 0 Å². The van der Waals surface area contributed by atoms with Crippen molar-refractivity contribution < 1.29 is 9.53 Å². The summed E-state index contributed by atoms with van der Waals surface area (Å²) in [7, 11) is 2.13. The molecule has 0 unspecified atom stereocenters. The van der Waals surface area contributed by atoms with Crippen molar-refractivity contribution >= 4 is 17.4 Å². The summed E-state index contributed by atoms with van der Waals surface area (Å²) in [6, 6.07) is 7.19. The second-order valence-electron chi connectivity index (χ2n) is 5.96. The maximum Gasteiger partial charge on any atom is 0.258 e. The van der Waals surface area contributed by atoms with Crippen molar-refractivity contribution in [2.24, 2.45) is 0 Å². The lowest BCUT2D eigenvalue weighted by atomic mass is 10.2. The van der Waals surface area contributed by atoms with Gasteiger partial charge in [0.25, 0.3) is 5.91 Å². The molecule has 0 aliphatic carbocycles. The van der Waals surface area contributed by atoms with Crippen LogP contribution in [0, 0.1) is 0 Å². The van der Waals surface area contributed by atoms with Crippen molar-refractivity contribution in [3.63, 3.8) is 0 Å². The largest absolute Gasteiger partial charge is 0.478 e. The van der Waals surface area contributed by atoms with Crippen LogP contribution in [0.5, 0.6) is 5.88 Å². The molecule has 1 fully saturated rings. The molecule has 7 nitrogen and oxygen atoms in total. The van der Waals surface area contributed by atoms with Crippen LogP contribution >= 0.6 is 0 Å². The van der Waals surface area contributed by atoms with Crippen molar-refractivity contribution in [1.82, 2.24) is 14.9 Å². The molecule has 0 spiro atoms. The predicted molar refractivity (Wildman–Crippen MR) is 97.3 cm³/mol. The highest BCUT2D eigenvalue weighted by Gasteiger charge is 2.15. The zero-order valence-electron chi connectivity index (χ0n) is 14.6. The first-order valence-corrected chi connectivity index (χ1v) is 8.45. The first-order valence-electron chi connectivity index (χ1n) is 8.45. The number of rotatable bonds is 5. The molecule has 1 amide bonds.